The van der Waals surface area contributed by atoms with Crippen LogP contribution in [-0.2, 0) is 11.3 Å². The highest BCUT2D eigenvalue weighted by molar-refractivity contribution is 5.73. The second kappa shape index (κ2) is 8.20. The molecule has 0 fully saturated rings. The van der Waals surface area contributed by atoms with E-state index in [-0.39, 0.29) is 0 Å². The zero-order valence-corrected chi connectivity index (χ0v) is 10.7. The number of methoxy groups -OCH3 is 1. The Balaban J connectivity index is 0.000000357. The lowest BCUT2D eigenvalue weighted by molar-refractivity contribution is 0.112. The van der Waals surface area contributed by atoms with Gasteiger partial charge >= 0.3 is 0 Å². The van der Waals surface area contributed by atoms with Gasteiger partial charge in [-0.15, -0.1) is 0 Å². The van der Waals surface area contributed by atoms with Crippen molar-refractivity contribution in [2.75, 3.05) is 13.7 Å². The maximum atomic E-state index is 10.4. The average molecular weight is 246 g/mol. The molecule has 4 nitrogen and oxygen atoms in total. The van der Waals surface area contributed by atoms with Crippen molar-refractivity contribution in [3.63, 3.8) is 0 Å². The van der Waals surface area contributed by atoms with Crippen molar-refractivity contribution in [3.8, 4) is 0 Å². The van der Waals surface area contributed by atoms with Crippen molar-refractivity contribution >= 4 is 6.29 Å². The number of rotatable bonds is 4. The number of carbonyl (C=O) groups excluding carboxylic acids is 1. The molecule has 0 unspecified atom stereocenters. The minimum absolute atomic E-state index is 0.612. The van der Waals surface area contributed by atoms with Gasteiger partial charge in [-0.1, -0.05) is 30.3 Å². The molecule has 1 aromatic carbocycles. The van der Waals surface area contributed by atoms with Crippen LogP contribution in [0.3, 0.4) is 0 Å². The van der Waals surface area contributed by atoms with Gasteiger partial charge in [-0.05, 0) is 12.5 Å². The first-order valence-electron chi connectivity index (χ1n) is 5.80. The zero-order valence-electron chi connectivity index (χ0n) is 10.7. The van der Waals surface area contributed by atoms with E-state index in [1.165, 1.54) is 5.56 Å². The third-order valence-electron chi connectivity index (χ3n) is 2.27. The molecular formula is C14H18N2O2. The van der Waals surface area contributed by atoms with E-state index in [9.17, 15) is 4.79 Å². The van der Waals surface area contributed by atoms with Crippen molar-refractivity contribution < 1.29 is 9.53 Å². The first kappa shape index (κ1) is 14.1. The van der Waals surface area contributed by atoms with Crippen LogP contribution in [0.25, 0.3) is 0 Å². The molecule has 0 atom stereocenters. The maximum Gasteiger partial charge on any atom is 0.153 e. The van der Waals surface area contributed by atoms with E-state index in [0.29, 0.717) is 12.1 Å². The maximum absolute atomic E-state index is 10.4. The fourth-order valence-corrected chi connectivity index (χ4v) is 1.30. The molecule has 0 spiro atoms. The number of aldehydes is 1. The summed E-state index contributed by atoms with van der Waals surface area (Å²) >= 11 is 0. The quantitative estimate of drug-likeness (QED) is 0.778. The number of ether oxygens (including phenoxy) is 1. The summed E-state index contributed by atoms with van der Waals surface area (Å²) in [6.07, 6.45) is 4.10. The largest absolute Gasteiger partial charge is 0.385 e. The van der Waals surface area contributed by atoms with Crippen LogP contribution in [0.15, 0.2) is 42.7 Å². The van der Waals surface area contributed by atoms with Crippen LogP contribution in [0.1, 0.15) is 22.8 Å². The number of hydrogen-bond donors (Lipinski definition) is 0. The summed E-state index contributed by atoms with van der Waals surface area (Å²) in [5.74, 6) is 0. The molecule has 0 N–H and O–H groups in total. The van der Waals surface area contributed by atoms with E-state index in [1.54, 1.807) is 24.2 Å². The molecule has 18 heavy (non-hydrogen) atoms. The van der Waals surface area contributed by atoms with Gasteiger partial charge in [0.05, 0.1) is 18.3 Å². The molecule has 0 radical (unpaired) electrons. The van der Waals surface area contributed by atoms with Crippen molar-refractivity contribution in [1.29, 1.82) is 0 Å². The van der Waals surface area contributed by atoms with E-state index in [4.69, 9.17) is 0 Å². The fraction of sp³-hybridized carbons (Fsp3) is 0.286. The lowest BCUT2D eigenvalue weighted by Gasteiger charge is -2.00. The Hall–Kier alpha value is -1.94. The molecule has 0 saturated heterocycles. The van der Waals surface area contributed by atoms with Crippen molar-refractivity contribution in [3.05, 3.63) is 53.9 Å². The van der Waals surface area contributed by atoms with E-state index >= 15 is 0 Å². The molecule has 0 amide bonds. The van der Waals surface area contributed by atoms with Gasteiger partial charge in [0.25, 0.3) is 0 Å². The summed E-state index contributed by atoms with van der Waals surface area (Å²) in [4.78, 5) is 10.4. The molecule has 0 aliphatic heterocycles. The second-order valence-electron chi connectivity index (χ2n) is 3.65. The summed E-state index contributed by atoms with van der Waals surface area (Å²) in [5, 5.41) is 4.07. The van der Waals surface area contributed by atoms with Gasteiger partial charge in [-0.3, -0.25) is 9.48 Å². The Morgan fingerprint density at radius 3 is 2.50 bits per heavy atom. The topological polar surface area (TPSA) is 44.1 Å². The summed E-state index contributed by atoms with van der Waals surface area (Å²) in [7, 11) is 1.68. The third-order valence-corrected chi connectivity index (χ3v) is 2.27. The Labute approximate surface area is 107 Å². The molecule has 4 heteroatoms. The highest BCUT2D eigenvalue weighted by atomic mass is 16.5. The first-order chi connectivity index (χ1) is 8.80. The number of benzene rings is 1. The van der Waals surface area contributed by atoms with Gasteiger partial charge in [0, 0.05) is 19.9 Å². The van der Waals surface area contributed by atoms with Gasteiger partial charge in [0.2, 0.25) is 0 Å². The Morgan fingerprint density at radius 2 is 2.00 bits per heavy atom. The normalized spacial score (nSPS) is 9.44. The van der Waals surface area contributed by atoms with Crippen LogP contribution in [0, 0.1) is 0 Å². The lowest BCUT2D eigenvalue weighted by atomic mass is 10.2. The predicted octanol–water partition coefficient (Wildman–Crippen LogP) is 2.40. The number of carbonyl (C=O) groups is 1. The second-order valence-corrected chi connectivity index (χ2v) is 3.65. The van der Waals surface area contributed by atoms with Gasteiger partial charge in [-0.25, -0.2) is 0 Å². The average Bonchev–Trinajstić information content (AvgIpc) is 2.88. The van der Waals surface area contributed by atoms with Gasteiger partial charge < -0.3 is 4.74 Å². The third kappa shape index (κ3) is 4.93. The number of hydrogen-bond acceptors (Lipinski definition) is 3. The van der Waals surface area contributed by atoms with Crippen LogP contribution < -0.4 is 0 Å². The van der Waals surface area contributed by atoms with Gasteiger partial charge in [0.1, 0.15) is 0 Å². The minimum atomic E-state index is 0.612. The molecule has 2 aromatic rings. The molecule has 2 rings (SSSR count). The van der Waals surface area contributed by atoms with Crippen molar-refractivity contribution in [2.24, 2.45) is 0 Å². The number of nitrogens with zero attached hydrogens (tertiary/aromatic N) is 2. The predicted molar refractivity (Wildman–Crippen MR) is 70.7 cm³/mol. The van der Waals surface area contributed by atoms with E-state index in [1.807, 2.05) is 37.3 Å². The zero-order chi connectivity index (χ0) is 13.2. The van der Waals surface area contributed by atoms with E-state index in [2.05, 4.69) is 9.84 Å². The molecule has 0 aliphatic carbocycles. The van der Waals surface area contributed by atoms with E-state index in [0.717, 1.165) is 12.9 Å². The number of aromatic nitrogens is 2. The molecule has 96 valence electrons. The Bertz CT molecular complexity index is 450. The first-order valence-corrected chi connectivity index (χ1v) is 5.80. The highest BCUT2D eigenvalue weighted by Crippen LogP contribution is 2.02. The minimum Gasteiger partial charge on any atom is -0.385 e. The summed E-state index contributed by atoms with van der Waals surface area (Å²) in [5.41, 5.74) is 1.79. The molecule has 1 aromatic heterocycles. The van der Waals surface area contributed by atoms with Crippen LogP contribution in [0.4, 0.5) is 0 Å². The van der Waals surface area contributed by atoms with Gasteiger partial charge in [-0.2, -0.15) is 5.10 Å². The summed E-state index contributed by atoms with van der Waals surface area (Å²) in [6, 6.07) is 10.0. The van der Waals surface area contributed by atoms with Crippen LogP contribution in [0.2, 0.25) is 0 Å². The molecule has 0 bridgehead atoms. The highest BCUT2D eigenvalue weighted by Gasteiger charge is 1.97. The lowest BCUT2D eigenvalue weighted by Crippen LogP contribution is -1.99. The Morgan fingerprint density at radius 1 is 1.33 bits per heavy atom. The SMILES string of the molecule is CCOC.O=Cc1cnn(Cc2ccccc2)c1. The van der Waals surface area contributed by atoms with Gasteiger partial charge in [0.15, 0.2) is 6.29 Å². The monoisotopic (exact) mass is 246 g/mol. The smallest absolute Gasteiger partial charge is 0.153 e. The van der Waals surface area contributed by atoms with Crippen molar-refractivity contribution in [2.45, 2.75) is 13.5 Å². The standard InChI is InChI=1S/C11H10N2O.C3H8O/c14-9-11-6-12-13(8-11)7-10-4-2-1-3-5-10;1-3-4-2/h1-6,8-9H,7H2;3H2,1-2H3. The van der Waals surface area contributed by atoms with Crippen molar-refractivity contribution in [1.82, 2.24) is 9.78 Å². The molecule has 1 heterocycles. The molecule has 0 saturated carbocycles. The van der Waals surface area contributed by atoms with Crippen LogP contribution in [0.5, 0.6) is 0 Å². The summed E-state index contributed by atoms with van der Waals surface area (Å²) < 4.78 is 6.29. The Kier molecular flexibility index (Phi) is 6.43. The van der Waals surface area contributed by atoms with Crippen LogP contribution >= 0.6 is 0 Å². The molecular weight excluding hydrogens is 228 g/mol. The molecule has 0 aliphatic rings. The van der Waals surface area contributed by atoms with E-state index < -0.39 is 0 Å². The van der Waals surface area contributed by atoms with Crippen LogP contribution in [-0.4, -0.2) is 29.8 Å². The fourth-order valence-electron chi connectivity index (χ4n) is 1.30. The summed E-state index contributed by atoms with van der Waals surface area (Å²) in [6.45, 7) is 3.48.